The summed E-state index contributed by atoms with van der Waals surface area (Å²) in [6.07, 6.45) is 5.83. The molecule has 2 aliphatic rings. The van der Waals surface area contributed by atoms with Crippen LogP contribution >= 0.6 is 0 Å². The van der Waals surface area contributed by atoms with Gasteiger partial charge in [0.1, 0.15) is 0 Å². The van der Waals surface area contributed by atoms with Gasteiger partial charge in [-0.2, -0.15) is 0 Å². The van der Waals surface area contributed by atoms with Gasteiger partial charge >= 0.3 is 0 Å². The summed E-state index contributed by atoms with van der Waals surface area (Å²) in [6, 6.07) is 0. The summed E-state index contributed by atoms with van der Waals surface area (Å²) in [6.45, 7) is 8.79. The second-order valence-corrected chi connectivity index (χ2v) is 5.41. The van der Waals surface area contributed by atoms with Crippen molar-refractivity contribution in [1.82, 2.24) is 14.5 Å². The maximum atomic E-state index is 12.3. The number of carbonyl (C=O) groups is 1. The van der Waals surface area contributed by atoms with Crippen LogP contribution in [0.1, 0.15) is 31.2 Å². The van der Waals surface area contributed by atoms with E-state index in [9.17, 15) is 4.79 Å². The third-order valence-corrected chi connectivity index (χ3v) is 4.58. The first kappa shape index (κ1) is 13.4. The minimum absolute atomic E-state index is 0.00333. The Balaban J connectivity index is 2.09. The molecule has 0 saturated carbocycles. The van der Waals surface area contributed by atoms with E-state index in [2.05, 4.69) is 23.1 Å². The van der Waals surface area contributed by atoms with Crippen molar-refractivity contribution in [2.75, 3.05) is 19.8 Å². The molecule has 0 atom stereocenters. The first-order valence-corrected chi connectivity index (χ1v) is 7.29. The van der Waals surface area contributed by atoms with Crippen molar-refractivity contribution < 1.29 is 9.53 Å². The fourth-order valence-corrected chi connectivity index (χ4v) is 3.54. The van der Waals surface area contributed by atoms with Crippen LogP contribution in [-0.4, -0.2) is 40.1 Å². The van der Waals surface area contributed by atoms with Crippen LogP contribution in [0, 0.1) is 0 Å². The molecule has 0 radical (unpaired) electrons. The highest BCUT2D eigenvalue weighted by Crippen LogP contribution is 2.42. The van der Waals surface area contributed by atoms with Crippen LogP contribution in [-0.2, 0) is 28.0 Å². The van der Waals surface area contributed by atoms with Crippen molar-refractivity contribution in [3.8, 4) is 0 Å². The molecule has 5 nitrogen and oxygen atoms in total. The SMILES string of the molecule is C=CC(=O)N1CCc2c(ncn2CC)C12CCOCC2. The number of imidazole rings is 1. The van der Waals surface area contributed by atoms with Crippen LogP contribution in [0.4, 0.5) is 0 Å². The molecule has 0 aliphatic carbocycles. The van der Waals surface area contributed by atoms with Gasteiger partial charge in [0.2, 0.25) is 5.91 Å². The number of hydrogen-bond donors (Lipinski definition) is 0. The Kier molecular flexibility index (Phi) is 3.38. The van der Waals surface area contributed by atoms with Gasteiger partial charge in [0, 0.05) is 38.4 Å². The summed E-state index contributed by atoms with van der Waals surface area (Å²) in [5.74, 6) is 0.00333. The van der Waals surface area contributed by atoms with Crippen LogP contribution in [0.2, 0.25) is 0 Å². The number of nitrogens with zero attached hydrogens (tertiary/aromatic N) is 3. The van der Waals surface area contributed by atoms with Gasteiger partial charge in [-0.1, -0.05) is 6.58 Å². The Morgan fingerprint density at radius 3 is 2.95 bits per heavy atom. The van der Waals surface area contributed by atoms with Gasteiger partial charge in [0.15, 0.2) is 0 Å². The average molecular weight is 275 g/mol. The van der Waals surface area contributed by atoms with E-state index in [-0.39, 0.29) is 11.4 Å². The molecule has 3 heterocycles. The third kappa shape index (κ3) is 1.80. The lowest BCUT2D eigenvalue weighted by molar-refractivity contribution is -0.139. The maximum absolute atomic E-state index is 12.3. The van der Waals surface area contributed by atoms with E-state index in [1.54, 1.807) is 0 Å². The summed E-state index contributed by atoms with van der Waals surface area (Å²) in [5.41, 5.74) is 2.06. The van der Waals surface area contributed by atoms with E-state index >= 15 is 0 Å². The molecule has 20 heavy (non-hydrogen) atoms. The number of fused-ring (bicyclic) bond motifs is 2. The summed E-state index contributed by atoms with van der Waals surface area (Å²) in [7, 11) is 0. The van der Waals surface area contributed by atoms with Gasteiger partial charge in [0.25, 0.3) is 0 Å². The lowest BCUT2D eigenvalue weighted by Crippen LogP contribution is -2.55. The van der Waals surface area contributed by atoms with Crippen molar-refractivity contribution in [3.05, 3.63) is 30.4 Å². The lowest BCUT2D eigenvalue weighted by atomic mass is 9.80. The highest BCUT2D eigenvalue weighted by Gasteiger charge is 2.47. The van der Waals surface area contributed by atoms with E-state index in [4.69, 9.17) is 4.74 Å². The number of hydrogen-bond acceptors (Lipinski definition) is 3. The van der Waals surface area contributed by atoms with Crippen molar-refractivity contribution in [1.29, 1.82) is 0 Å². The molecule has 5 heteroatoms. The predicted molar refractivity (Wildman–Crippen MR) is 75.2 cm³/mol. The largest absolute Gasteiger partial charge is 0.381 e. The van der Waals surface area contributed by atoms with E-state index in [1.165, 1.54) is 11.8 Å². The van der Waals surface area contributed by atoms with E-state index in [1.807, 2.05) is 11.2 Å². The third-order valence-electron chi connectivity index (χ3n) is 4.58. The molecule has 1 aromatic heterocycles. The zero-order chi connectivity index (χ0) is 14.2. The van der Waals surface area contributed by atoms with Crippen molar-refractivity contribution in [3.63, 3.8) is 0 Å². The van der Waals surface area contributed by atoms with Crippen LogP contribution < -0.4 is 0 Å². The highest BCUT2D eigenvalue weighted by atomic mass is 16.5. The van der Waals surface area contributed by atoms with Crippen molar-refractivity contribution in [2.24, 2.45) is 0 Å². The summed E-state index contributed by atoms with van der Waals surface area (Å²) < 4.78 is 7.71. The quantitative estimate of drug-likeness (QED) is 0.768. The Morgan fingerprint density at radius 1 is 1.55 bits per heavy atom. The number of carbonyl (C=O) groups excluding carboxylic acids is 1. The van der Waals surface area contributed by atoms with Crippen LogP contribution in [0.25, 0.3) is 0 Å². The summed E-state index contributed by atoms with van der Waals surface area (Å²) >= 11 is 0. The first-order chi connectivity index (χ1) is 9.73. The van der Waals surface area contributed by atoms with Crippen LogP contribution in [0.5, 0.6) is 0 Å². The number of aryl methyl sites for hydroxylation is 1. The van der Waals surface area contributed by atoms with Crippen LogP contribution in [0.3, 0.4) is 0 Å². The zero-order valence-electron chi connectivity index (χ0n) is 12.0. The van der Waals surface area contributed by atoms with Gasteiger partial charge in [0.05, 0.1) is 17.6 Å². The molecule has 1 amide bonds. The van der Waals surface area contributed by atoms with E-state index < -0.39 is 0 Å². The summed E-state index contributed by atoms with van der Waals surface area (Å²) in [5, 5.41) is 0. The topological polar surface area (TPSA) is 47.4 Å². The fourth-order valence-electron chi connectivity index (χ4n) is 3.54. The van der Waals surface area contributed by atoms with E-state index in [0.29, 0.717) is 13.2 Å². The second-order valence-electron chi connectivity index (χ2n) is 5.41. The maximum Gasteiger partial charge on any atom is 0.246 e. The molecule has 0 unspecified atom stereocenters. The second kappa shape index (κ2) is 5.05. The molecule has 1 aromatic rings. The molecule has 0 N–H and O–H groups in total. The molecule has 2 aliphatic heterocycles. The molecule has 0 bridgehead atoms. The van der Waals surface area contributed by atoms with Crippen LogP contribution in [0.15, 0.2) is 19.0 Å². The standard InChI is InChI=1S/C15H21N3O2/c1-3-13(19)18-8-5-12-14(16-11-17(12)4-2)15(18)6-9-20-10-7-15/h3,11H,1,4-10H2,2H3. The molecule has 0 aromatic carbocycles. The first-order valence-electron chi connectivity index (χ1n) is 7.29. The van der Waals surface area contributed by atoms with Gasteiger partial charge in [-0.25, -0.2) is 4.98 Å². The Bertz CT molecular complexity index is 529. The van der Waals surface area contributed by atoms with Gasteiger partial charge in [-0.3, -0.25) is 4.79 Å². The molecular weight excluding hydrogens is 254 g/mol. The zero-order valence-corrected chi connectivity index (χ0v) is 12.0. The highest BCUT2D eigenvalue weighted by molar-refractivity contribution is 5.88. The van der Waals surface area contributed by atoms with Gasteiger partial charge in [-0.05, 0) is 25.8 Å². The van der Waals surface area contributed by atoms with Crippen molar-refractivity contribution >= 4 is 5.91 Å². The number of rotatable bonds is 2. The molecule has 3 rings (SSSR count). The van der Waals surface area contributed by atoms with E-state index in [0.717, 1.165) is 38.0 Å². The normalized spacial score (nSPS) is 20.8. The monoisotopic (exact) mass is 275 g/mol. The molecule has 1 saturated heterocycles. The summed E-state index contributed by atoms with van der Waals surface area (Å²) in [4.78, 5) is 18.9. The number of aromatic nitrogens is 2. The Morgan fingerprint density at radius 2 is 2.30 bits per heavy atom. The fraction of sp³-hybridized carbons (Fsp3) is 0.600. The van der Waals surface area contributed by atoms with Gasteiger partial charge < -0.3 is 14.2 Å². The number of ether oxygens (including phenoxy) is 1. The van der Waals surface area contributed by atoms with Gasteiger partial charge in [-0.15, -0.1) is 0 Å². The molecule has 108 valence electrons. The molecular formula is C15H21N3O2. The number of amides is 1. The molecule has 1 spiro atoms. The lowest BCUT2D eigenvalue weighted by Gasteiger charge is -2.48. The Hall–Kier alpha value is -1.62. The predicted octanol–water partition coefficient (Wildman–Crippen LogP) is 1.48. The Labute approximate surface area is 119 Å². The van der Waals surface area contributed by atoms with Crippen molar-refractivity contribution in [2.45, 2.75) is 38.3 Å². The molecule has 1 fully saturated rings. The average Bonchev–Trinajstić information content (AvgIpc) is 2.92. The minimum Gasteiger partial charge on any atom is -0.381 e. The smallest absolute Gasteiger partial charge is 0.246 e. The minimum atomic E-state index is -0.294.